The Morgan fingerprint density at radius 3 is 2.73 bits per heavy atom. The van der Waals surface area contributed by atoms with E-state index < -0.39 is 0 Å². The molecule has 26 heavy (non-hydrogen) atoms. The molecule has 0 aliphatic carbocycles. The van der Waals surface area contributed by atoms with E-state index in [1.54, 1.807) is 24.3 Å². The van der Waals surface area contributed by atoms with Crippen molar-refractivity contribution in [3.63, 3.8) is 0 Å². The predicted octanol–water partition coefficient (Wildman–Crippen LogP) is 5.43. The van der Waals surface area contributed by atoms with E-state index >= 15 is 0 Å². The number of H-pyrrole nitrogens is 1. The SMILES string of the molecule is CCCCCCOc1ccc(C(=O)Nc2n[nH]c3cc(Cl)ccc23)cc1. The van der Waals surface area contributed by atoms with E-state index in [2.05, 4.69) is 22.4 Å². The summed E-state index contributed by atoms with van der Waals surface area (Å²) >= 11 is 5.96. The largest absolute Gasteiger partial charge is 0.494 e. The number of rotatable bonds is 8. The summed E-state index contributed by atoms with van der Waals surface area (Å²) in [4.78, 5) is 12.4. The van der Waals surface area contributed by atoms with E-state index in [-0.39, 0.29) is 5.91 Å². The molecule has 5 nitrogen and oxygen atoms in total. The number of carbonyl (C=O) groups excluding carboxylic acids is 1. The van der Waals surface area contributed by atoms with Gasteiger partial charge in [-0.1, -0.05) is 37.8 Å². The minimum absolute atomic E-state index is 0.220. The normalized spacial score (nSPS) is 10.8. The summed E-state index contributed by atoms with van der Waals surface area (Å²) in [7, 11) is 0. The van der Waals surface area contributed by atoms with Gasteiger partial charge < -0.3 is 10.1 Å². The van der Waals surface area contributed by atoms with Crippen molar-refractivity contribution in [2.45, 2.75) is 32.6 Å². The zero-order valence-corrected chi connectivity index (χ0v) is 15.5. The Morgan fingerprint density at radius 2 is 1.96 bits per heavy atom. The number of amides is 1. The fraction of sp³-hybridized carbons (Fsp3) is 0.300. The van der Waals surface area contributed by atoms with E-state index in [1.165, 1.54) is 19.3 Å². The van der Waals surface area contributed by atoms with Crippen LogP contribution in [-0.4, -0.2) is 22.7 Å². The molecule has 0 spiro atoms. The topological polar surface area (TPSA) is 67.0 Å². The first-order valence-electron chi connectivity index (χ1n) is 8.85. The number of nitrogens with zero attached hydrogens (tertiary/aromatic N) is 1. The molecular weight excluding hydrogens is 350 g/mol. The number of nitrogens with one attached hydrogen (secondary N) is 2. The number of aromatic nitrogens is 2. The number of unbranched alkanes of at least 4 members (excludes halogenated alkanes) is 3. The minimum Gasteiger partial charge on any atom is -0.494 e. The molecule has 2 aromatic carbocycles. The summed E-state index contributed by atoms with van der Waals surface area (Å²) < 4.78 is 5.70. The van der Waals surface area contributed by atoms with Crippen molar-refractivity contribution in [2.24, 2.45) is 0 Å². The first kappa shape index (κ1) is 18.3. The highest BCUT2D eigenvalue weighted by atomic mass is 35.5. The maximum atomic E-state index is 12.4. The average Bonchev–Trinajstić information content (AvgIpc) is 3.04. The van der Waals surface area contributed by atoms with Crippen LogP contribution in [0.25, 0.3) is 10.9 Å². The molecule has 3 aromatic rings. The van der Waals surface area contributed by atoms with Crippen molar-refractivity contribution in [3.05, 3.63) is 53.1 Å². The van der Waals surface area contributed by atoms with Crippen molar-refractivity contribution in [1.29, 1.82) is 0 Å². The van der Waals surface area contributed by atoms with Crippen LogP contribution in [0.15, 0.2) is 42.5 Å². The monoisotopic (exact) mass is 371 g/mol. The number of aromatic amines is 1. The molecule has 0 saturated carbocycles. The molecule has 6 heteroatoms. The molecule has 0 radical (unpaired) electrons. The van der Waals surface area contributed by atoms with Crippen LogP contribution in [0.5, 0.6) is 5.75 Å². The highest BCUT2D eigenvalue weighted by molar-refractivity contribution is 6.31. The van der Waals surface area contributed by atoms with Crippen molar-refractivity contribution >= 4 is 34.2 Å². The molecule has 0 aliphatic heterocycles. The van der Waals surface area contributed by atoms with E-state index in [0.29, 0.717) is 23.0 Å². The van der Waals surface area contributed by atoms with Crippen LogP contribution in [0.2, 0.25) is 5.02 Å². The van der Waals surface area contributed by atoms with Crippen LogP contribution in [-0.2, 0) is 0 Å². The maximum absolute atomic E-state index is 12.4. The van der Waals surface area contributed by atoms with Crippen molar-refractivity contribution in [1.82, 2.24) is 10.2 Å². The van der Waals surface area contributed by atoms with Gasteiger partial charge in [0.25, 0.3) is 5.91 Å². The molecule has 1 aromatic heterocycles. The lowest BCUT2D eigenvalue weighted by Gasteiger charge is -2.07. The van der Waals surface area contributed by atoms with Gasteiger partial charge in [0.2, 0.25) is 0 Å². The van der Waals surface area contributed by atoms with Gasteiger partial charge in [-0.15, -0.1) is 0 Å². The zero-order chi connectivity index (χ0) is 18.4. The van der Waals surface area contributed by atoms with Gasteiger partial charge in [0.15, 0.2) is 5.82 Å². The second-order valence-corrected chi connectivity index (χ2v) is 6.59. The summed E-state index contributed by atoms with van der Waals surface area (Å²) in [5, 5.41) is 11.3. The molecule has 3 rings (SSSR count). The van der Waals surface area contributed by atoms with Crippen LogP contribution < -0.4 is 10.1 Å². The van der Waals surface area contributed by atoms with E-state index in [0.717, 1.165) is 23.1 Å². The number of benzene rings is 2. The maximum Gasteiger partial charge on any atom is 0.256 e. The van der Waals surface area contributed by atoms with Gasteiger partial charge in [0.05, 0.1) is 12.1 Å². The number of anilines is 1. The van der Waals surface area contributed by atoms with Gasteiger partial charge in [-0.05, 0) is 48.9 Å². The van der Waals surface area contributed by atoms with Crippen molar-refractivity contribution < 1.29 is 9.53 Å². The minimum atomic E-state index is -0.220. The van der Waals surface area contributed by atoms with Crippen LogP contribution >= 0.6 is 11.6 Å². The lowest BCUT2D eigenvalue weighted by molar-refractivity contribution is 0.102. The van der Waals surface area contributed by atoms with Gasteiger partial charge in [0, 0.05) is 16.0 Å². The molecular formula is C20H22ClN3O2. The Kier molecular flexibility index (Phi) is 6.12. The molecule has 0 unspecified atom stereocenters. The Bertz CT molecular complexity index is 874. The van der Waals surface area contributed by atoms with E-state index in [1.807, 2.05) is 18.2 Å². The lowest BCUT2D eigenvalue weighted by Crippen LogP contribution is -2.12. The summed E-state index contributed by atoms with van der Waals surface area (Å²) in [5.41, 5.74) is 1.33. The van der Waals surface area contributed by atoms with Crippen LogP contribution in [0.4, 0.5) is 5.82 Å². The highest BCUT2D eigenvalue weighted by Gasteiger charge is 2.11. The number of carbonyl (C=O) groups is 1. The summed E-state index contributed by atoms with van der Waals surface area (Å²) in [6.45, 7) is 2.89. The van der Waals surface area contributed by atoms with Crippen LogP contribution in [0, 0.1) is 0 Å². The first-order chi connectivity index (χ1) is 12.7. The number of halogens is 1. The highest BCUT2D eigenvalue weighted by Crippen LogP contribution is 2.24. The summed E-state index contributed by atoms with van der Waals surface area (Å²) in [5.74, 6) is 1.04. The zero-order valence-electron chi connectivity index (χ0n) is 14.7. The van der Waals surface area contributed by atoms with Gasteiger partial charge in [0.1, 0.15) is 5.75 Å². The number of hydrogen-bond donors (Lipinski definition) is 2. The van der Waals surface area contributed by atoms with Gasteiger partial charge in [-0.2, -0.15) is 5.10 Å². The third-order valence-electron chi connectivity index (χ3n) is 4.14. The van der Waals surface area contributed by atoms with Crippen molar-refractivity contribution in [2.75, 3.05) is 11.9 Å². The van der Waals surface area contributed by atoms with Gasteiger partial charge in [-0.25, -0.2) is 0 Å². The van der Waals surface area contributed by atoms with Crippen LogP contribution in [0.1, 0.15) is 43.0 Å². The van der Waals surface area contributed by atoms with Crippen molar-refractivity contribution in [3.8, 4) is 5.75 Å². The van der Waals surface area contributed by atoms with E-state index in [9.17, 15) is 4.79 Å². The molecule has 1 heterocycles. The fourth-order valence-electron chi connectivity index (χ4n) is 2.69. The van der Waals surface area contributed by atoms with Gasteiger partial charge in [-0.3, -0.25) is 9.89 Å². The average molecular weight is 372 g/mol. The molecule has 0 atom stereocenters. The molecule has 0 bridgehead atoms. The Morgan fingerprint density at radius 1 is 1.15 bits per heavy atom. The summed E-state index contributed by atoms with van der Waals surface area (Å²) in [6.07, 6.45) is 4.67. The smallest absolute Gasteiger partial charge is 0.256 e. The molecule has 0 fully saturated rings. The Hall–Kier alpha value is -2.53. The van der Waals surface area contributed by atoms with E-state index in [4.69, 9.17) is 16.3 Å². The summed E-state index contributed by atoms with van der Waals surface area (Å²) in [6, 6.07) is 12.5. The quantitative estimate of drug-likeness (QED) is 0.519. The Balaban J connectivity index is 1.59. The second kappa shape index (κ2) is 8.72. The molecule has 136 valence electrons. The predicted molar refractivity (Wildman–Crippen MR) is 105 cm³/mol. The number of fused-ring (bicyclic) bond motifs is 1. The lowest BCUT2D eigenvalue weighted by atomic mass is 10.2. The standard InChI is InChI=1S/C20H22ClN3O2/c1-2-3-4-5-12-26-16-9-6-14(7-10-16)20(25)22-19-17-11-8-15(21)13-18(17)23-24-19/h6-11,13H,2-5,12H2,1H3,(H2,22,23,24,25). The Labute approximate surface area is 157 Å². The van der Waals surface area contributed by atoms with Crippen LogP contribution in [0.3, 0.4) is 0 Å². The number of hydrogen-bond acceptors (Lipinski definition) is 3. The molecule has 2 N–H and O–H groups in total. The first-order valence-corrected chi connectivity index (χ1v) is 9.23. The molecule has 1 amide bonds. The third-order valence-corrected chi connectivity index (χ3v) is 4.38. The van der Waals surface area contributed by atoms with Gasteiger partial charge >= 0.3 is 0 Å². The third kappa shape index (κ3) is 4.55. The molecule has 0 aliphatic rings. The molecule has 0 saturated heterocycles. The number of ether oxygens (including phenoxy) is 1. The second-order valence-electron chi connectivity index (χ2n) is 6.15. The fourth-order valence-corrected chi connectivity index (χ4v) is 2.86.